The number of nitrogens with zero attached hydrogens (tertiary/aromatic N) is 1. The molecule has 1 atom stereocenters. The predicted molar refractivity (Wildman–Crippen MR) is 170 cm³/mol. The molecule has 0 spiro atoms. The lowest BCUT2D eigenvalue weighted by molar-refractivity contribution is -0.141. The molecule has 7 nitrogen and oxygen atoms in total. The molecule has 43 heavy (non-hydrogen) atoms. The number of ether oxygens (including phenoxy) is 2. The summed E-state index contributed by atoms with van der Waals surface area (Å²) in [5.41, 5.74) is 3.19. The summed E-state index contributed by atoms with van der Waals surface area (Å²) in [5.74, 6) is 0.0653. The van der Waals surface area contributed by atoms with Gasteiger partial charge in [-0.25, -0.2) is 4.79 Å². The van der Waals surface area contributed by atoms with Gasteiger partial charge in [-0.05, 0) is 54.4 Å². The second-order valence-corrected chi connectivity index (χ2v) is 10.4. The fourth-order valence-corrected chi connectivity index (χ4v) is 4.86. The van der Waals surface area contributed by atoms with Crippen molar-refractivity contribution in [2.24, 2.45) is 0 Å². The van der Waals surface area contributed by atoms with Gasteiger partial charge in [-0.2, -0.15) is 0 Å². The molecule has 4 rings (SSSR count). The van der Waals surface area contributed by atoms with Crippen LogP contribution in [0.4, 0.5) is 11.4 Å². The summed E-state index contributed by atoms with van der Waals surface area (Å²) in [6.07, 6.45) is 1.50. The Hall–Kier alpha value is -4.62. The molecule has 1 amide bonds. The van der Waals surface area contributed by atoms with Crippen molar-refractivity contribution in [3.63, 3.8) is 0 Å². The van der Waals surface area contributed by atoms with Crippen LogP contribution in [0.15, 0.2) is 103 Å². The maximum Gasteiger partial charge on any atom is 0.328 e. The van der Waals surface area contributed by atoms with Gasteiger partial charge in [-0.3, -0.25) is 9.59 Å². The summed E-state index contributed by atoms with van der Waals surface area (Å²) >= 11 is 6.15. The number of carbonyl (C=O) groups is 3. The van der Waals surface area contributed by atoms with Crippen LogP contribution in [0.5, 0.6) is 5.75 Å². The Morgan fingerprint density at radius 3 is 2.30 bits per heavy atom. The highest BCUT2D eigenvalue weighted by Gasteiger charge is 2.23. The number of rotatable bonds is 14. The fraction of sp³-hybridized carbons (Fsp3) is 0.229. The van der Waals surface area contributed by atoms with E-state index in [4.69, 9.17) is 21.1 Å². The van der Waals surface area contributed by atoms with Gasteiger partial charge in [0.2, 0.25) is 5.91 Å². The van der Waals surface area contributed by atoms with E-state index in [0.717, 1.165) is 17.7 Å². The van der Waals surface area contributed by atoms with Crippen molar-refractivity contribution in [1.29, 1.82) is 0 Å². The topological polar surface area (TPSA) is 84.9 Å². The van der Waals surface area contributed by atoms with Gasteiger partial charge in [0.25, 0.3) is 0 Å². The Balaban J connectivity index is 1.41. The average Bonchev–Trinajstić information content (AvgIpc) is 3.03. The number of benzene rings is 4. The molecule has 0 aromatic heterocycles. The molecule has 222 valence electrons. The molecule has 0 bridgehead atoms. The van der Waals surface area contributed by atoms with Crippen LogP contribution in [0.25, 0.3) is 0 Å². The standard InChI is InChI=1S/C35H35ClN2O5/c1-3-10-33(39)38(28-14-9-13-27(36)24-28)21-22-43-29-19-17-25(18-20-29)23-32(35(41)42-2)37-31-16-8-7-15-30(31)34(40)26-11-5-4-6-12-26/h4-9,11-20,24,32,37H,3,10,21-23H2,1-2H3. The average molecular weight is 599 g/mol. The van der Waals surface area contributed by atoms with Crippen molar-refractivity contribution in [3.8, 4) is 5.75 Å². The predicted octanol–water partition coefficient (Wildman–Crippen LogP) is 6.98. The van der Waals surface area contributed by atoms with Crippen molar-refractivity contribution in [3.05, 3.63) is 125 Å². The van der Waals surface area contributed by atoms with E-state index in [1.807, 2.05) is 67.6 Å². The van der Waals surface area contributed by atoms with Crippen LogP contribution < -0.4 is 15.0 Å². The van der Waals surface area contributed by atoms with Gasteiger partial charge >= 0.3 is 5.97 Å². The van der Waals surface area contributed by atoms with Gasteiger partial charge in [0.05, 0.1) is 13.7 Å². The number of amides is 1. The number of hydrogen-bond acceptors (Lipinski definition) is 6. The van der Waals surface area contributed by atoms with Gasteiger partial charge < -0.3 is 19.7 Å². The first-order valence-electron chi connectivity index (χ1n) is 14.2. The Kier molecular flexibility index (Phi) is 11.3. The molecule has 0 saturated heterocycles. The number of carbonyl (C=O) groups excluding carboxylic acids is 3. The molecule has 1 N–H and O–H groups in total. The lowest BCUT2D eigenvalue weighted by atomic mass is 10.00. The molecule has 0 radical (unpaired) electrons. The molecule has 0 aliphatic heterocycles. The zero-order chi connectivity index (χ0) is 30.6. The molecular weight excluding hydrogens is 564 g/mol. The molecule has 4 aromatic carbocycles. The van der Waals surface area contributed by atoms with E-state index in [0.29, 0.717) is 53.6 Å². The fourth-order valence-electron chi connectivity index (χ4n) is 4.68. The zero-order valence-electron chi connectivity index (χ0n) is 24.3. The van der Waals surface area contributed by atoms with Gasteiger partial charge in [0, 0.05) is 40.4 Å². The largest absolute Gasteiger partial charge is 0.492 e. The first-order valence-corrected chi connectivity index (χ1v) is 14.6. The van der Waals surface area contributed by atoms with Crippen LogP contribution in [-0.2, 0) is 20.7 Å². The summed E-state index contributed by atoms with van der Waals surface area (Å²) in [6.45, 7) is 2.63. The van der Waals surface area contributed by atoms with E-state index in [1.54, 1.807) is 47.4 Å². The number of nitrogens with one attached hydrogen (secondary N) is 1. The third-order valence-electron chi connectivity index (χ3n) is 6.85. The minimum atomic E-state index is -0.725. The van der Waals surface area contributed by atoms with Gasteiger partial charge in [0.15, 0.2) is 5.78 Å². The second kappa shape index (κ2) is 15.6. The number of hydrogen-bond donors (Lipinski definition) is 1. The number of para-hydroxylation sites is 1. The van der Waals surface area contributed by atoms with Crippen molar-refractivity contribution in [1.82, 2.24) is 0 Å². The van der Waals surface area contributed by atoms with Gasteiger partial charge in [-0.1, -0.05) is 79.2 Å². The molecule has 0 aliphatic carbocycles. The van der Waals surface area contributed by atoms with E-state index < -0.39 is 12.0 Å². The Morgan fingerprint density at radius 1 is 0.884 bits per heavy atom. The first-order chi connectivity index (χ1) is 20.9. The maximum absolute atomic E-state index is 13.2. The Morgan fingerprint density at radius 2 is 1.60 bits per heavy atom. The van der Waals surface area contributed by atoms with Crippen molar-refractivity contribution in [2.45, 2.75) is 32.2 Å². The summed E-state index contributed by atoms with van der Waals surface area (Å²) in [4.78, 5) is 40.4. The summed E-state index contributed by atoms with van der Waals surface area (Å²) in [7, 11) is 1.34. The minimum Gasteiger partial charge on any atom is -0.492 e. The van der Waals surface area contributed by atoms with Crippen LogP contribution in [-0.4, -0.2) is 44.0 Å². The Labute approximate surface area is 257 Å². The van der Waals surface area contributed by atoms with Crippen LogP contribution in [0, 0.1) is 0 Å². The van der Waals surface area contributed by atoms with Crippen molar-refractivity contribution < 1.29 is 23.9 Å². The molecule has 0 fully saturated rings. The van der Waals surface area contributed by atoms with Gasteiger partial charge in [-0.15, -0.1) is 0 Å². The number of esters is 1. The highest BCUT2D eigenvalue weighted by Crippen LogP contribution is 2.23. The van der Waals surface area contributed by atoms with Crippen LogP contribution >= 0.6 is 11.6 Å². The van der Waals surface area contributed by atoms with E-state index in [-0.39, 0.29) is 11.7 Å². The van der Waals surface area contributed by atoms with Crippen LogP contribution in [0.2, 0.25) is 5.02 Å². The van der Waals surface area contributed by atoms with Crippen LogP contribution in [0.1, 0.15) is 41.3 Å². The van der Waals surface area contributed by atoms with E-state index >= 15 is 0 Å². The quantitative estimate of drug-likeness (QED) is 0.124. The van der Waals surface area contributed by atoms with E-state index in [1.165, 1.54) is 7.11 Å². The van der Waals surface area contributed by atoms with Crippen molar-refractivity contribution in [2.75, 3.05) is 30.5 Å². The van der Waals surface area contributed by atoms with Gasteiger partial charge in [0.1, 0.15) is 18.4 Å². The smallest absolute Gasteiger partial charge is 0.328 e. The molecule has 1 unspecified atom stereocenters. The first kappa shape index (κ1) is 31.3. The monoisotopic (exact) mass is 598 g/mol. The molecule has 0 heterocycles. The SMILES string of the molecule is CCCC(=O)N(CCOc1ccc(CC(Nc2ccccc2C(=O)c2ccccc2)C(=O)OC)cc1)c1cccc(Cl)c1. The number of halogens is 1. The third kappa shape index (κ3) is 8.69. The lowest BCUT2D eigenvalue weighted by Crippen LogP contribution is -2.34. The molecule has 4 aromatic rings. The zero-order valence-corrected chi connectivity index (χ0v) is 25.1. The van der Waals surface area contributed by atoms with Crippen molar-refractivity contribution >= 4 is 40.6 Å². The normalized spacial score (nSPS) is 11.3. The maximum atomic E-state index is 13.2. The second-order valence-electron chi connectivity index (χ2n) is 9.93. The van der Waals surface area contributed by atoms with E-state index in [9.17, 15) is 14.4 Å². The summed E-state index contributed by atoms with van der Waals surface area (Å²) in [5, 5.41) is 3.79. The molecular formula is C35H35ClN2O5. The third-order valence-corrected chi connectivity index (χ3v) is 7.09. The Bertz CT molecular complexity index is 1530. The highest BCUT2D eigenvalue weighted by molar-refractivity contribution is 6.30. The summed E-state index contributed by atoms with van der Waals surface area (Å²) < 4.78 is 11.0. The molecule has 8 heteroatoms. The summed E-state index contributed by atoms with van der Waals surface area (Å²) in [6, 6.07) is 30.0. The van der Waals surface area contributed by atoms with E-state index in [2.05, 4.69) is 5.32 Å². The highest BCUT2D eigenvalue weighted by atomic mass is 35.5. The number of anilines is 2. The molecule has 0 saturated carbocycles. The molecule has 0 aliphatic rings. The van der Waals surface area contributed by atoms with Crippen LogP contribution in [0.3, 0.4) is 0 Å². The number of ketones is 1. The number of methoxy groups -OCH3 is 1. The minimum absolute atomic E-state index is 0.0112. The lowest BCUT2D eigenvalue weighted by Gasteiger charge is -2.23.